The van der Waals surface area contributed by atoms with E-state index >= 15 is 0 Å². The van der Waals surface area contributed by atoms with Crippen molar-refractivity contribution >= 4 is 45.2 Å². The Balaban J connectivity index is 2.57. The van der Waals surface area contributed by atoms with Gasteiger partial charge in [0.15, 0.2) is 0 Å². The summed E-state index contributed by atoms with van der Waals surface area (Å²) in [5.74, 6) is -1.48. The minimum Gasteiger partial charge on any atom is -0.463 e. The van der Waals surface area contributed by atoms with Crippen molar-refractivity contribution in [1.82, 2.24) is 4.98 Å². The number of carbonyl (C=O) groups excluding carboxylic acids is 2. The molecule has 1 aromatic carbocycles. The van der Waals surface area contributed by atoms with Gasteiger partial charge in [0.25, 0.3) is 5.78 Å². The molecule has 0 aliphatic carbocycles. The zero-order chi connectivity index (χ0) is 11.7. The molecule has 0 radical (unpaired) electrons. The maximum Gasteiger partial charge on any atom is 0.379 e. The number of halogens is 1. The van der Waals surface area contributed by atoms with E-state index in [1.165, 1.54) is 13.3 Å². The molecule has 4 nitrogen and oxygen atoms in total. The molecule has 1 N–H and O–H groups in total. The quantitative estimate of drug-likeness (QED) is 0.397. The molecule has 1 heterocycles. The number of nitrogens with one attached hydrogen (secondary N) is 1. The third-order valence-electron chi connectivity index (χ3n) is 2.26. The van der Waals surface area contributed by atoms with Crippen LogP contribution in [0.4, 0.5) is 0 Å². The molecular formula is C11H8INO3. The van der Waals surface area contributed by atoms with Crippen molar-refractivity contribution in [3.63, 3.8) is 0 Å². The Hall–Kier alpha value is -1.37. The van der Waals surface area contributed by atoms with E-state index < -0.39 is 11.8 Å². The van der Waals surface area contributed by atoms with Crippen molar-refractivity contribution < 1.29 is 14.3 Å². The SMILES string of the molecule is COC(=O)C(=O)c1c[nH]c2ccc(I)cc12. The number of rotatable bonds is 2. The fourth-order valence-corrected chi connectivity index (χ4v) is 1.97. The molecule has 82 valence electrons. The second-order valence-electron chi connectivity index (χ2n) is 3.21. The fourth-order valence-electron chi connectivity index (χ4n) is 1.48. The summed E-state index contributed by atoms with van der Waals surface area (Å²) in [6, 6.07) is 5.64. The number of methoxy groups -OCH3 is 1. The topological polar surface area (TPSA) is 59.2 Å². The van der Waals surface area contributed by atoms with E-state index in [9.17, 15) is 9.59 Å². The van der Waals surface area contributed by atoms with Gasteiger partial charge in [-0.2, -0.15) is 0 Å². The summed E-state index contributed by atoms with van der Waals surface area (Å²) in [6.45, 7) is 0. The van der Waals surface area contributed by atoms with Crippen molar-refractivity contribution in [2.75, 3.05) is 7.11 Å². The van der Waals surface area contributed by atoms with Crippen molar-refractivity contribution in [3.05, 3.63) is 33.5 Å². The average Bonchev–Trinajstić information content (AvgIpc) is 2.69. The van der Waals surface area contributed by atoms with Crippen molar-refractivity contribution in [2.45, 2.75) is 0 Å². The molecule has 0 saturated heterocycles. The van der Waals surface area contributed by atoms with E-state index in [4.69, 9.17) is 0 Å². The number of fused-ring (bicyclic) bond motifs is 1. The van der Waals surface area contributed by atoms with Crippen LogP contribution in [0.3, 0.4) is 0 Å². The predicted molar refractivity (Wildman–Crippen MR) is 67.4 cm³/mol. The summed E-state index contributed by atoms with van der Waals surface area (Å²) in [7, 11) is 1.19. The summed E-state index contributed by atoms with van der Waals surface area (Å²) in [5.41, 5.74) is 1.17. The number of benzene rings is 1. The Morgan fingerprint density at radius 1 is 1.38 bits per heavy atom. The van der Waals surface area contributed by atoms with E-state index in [1.807, 2.05) is 18.2 Å². The number of hydrogen-bond donors (Lipinski definition) is 1. The Bertz CT molecular complexity index is 574. The number of carbonyl (C=O) groups is 2. The number of Topliss-reactive ketones (excluding diaryl/α,β-unsaturated/α-hetero) is 1. The molecule has 0 bridgehead atoms. The molecule has 0 aliphatic heterocycles. The van der Waals surface area contributed by atoms with Crippen LogP contribution in [0, 0.1) is 3.57 Å². The van der Waals surface area contributed by atoms with Gasteiger partial charge in [-0.1, -0.05) is 0 Å². The molecule has 2 aromatic rings. The lowest BCUT2D eigenvalue weighted by molar-refractivity contribution is -0.135. The molecule has 0 atom stereocenters. The molecule has 1 aromatic heterocycles. The highest BCUT2D eigenvalue weighted by molar-refractivity contribution is 14.1. The summed E-state index contributed by atoms with van der Waals surface area (Å²) in [6.07, 6.45) is 1.53. The molecule has 16 heavy (non-hydrogen) atoms. The van der Waals surface area contributed by atoms with Gasteiger partial charge >= 0.3 is 5.97 Å². The first kappa shape index (κ1) is 11.1. The van der Waals surface area contributed by atoms with E-state index in [2.05, 4.69) is 32.3 Å². The van der Waals surface area contributed by atoms with Gasteiger partial charge in [-0.15, -0.1) is 0 Å². The third kappa shape index (κ3) is 1.82. The normalized spacial score (nSPS) is 10.4. The summed E-state index contributed by atoms with van der Waals surface area (Å²) < 4.78 is 5.41. The van der Waals surface area contributed by atoms with Gasteiger partial charge in [-0.25, -0.2) is 4.79 Å². The van der Waals surface area contributed by atoms with E-state index in [1.54, 1.807) is 0 Å². The van der Waals surface area contributed by atoms with Gasteiger partial charge in [0.2, 0.25) is 0 Å². The van der Waals surface area contributed by atoms with Crippen molar-refractivity contribution in [2.24, 2.45) is 0 Å². The standard InChI is InChI=1S/C11H8INO3/c1-16-11(15)10(14)8-5-13-9-3-2-6(12)4-7(8)9/h2-5,13H,1H3. The number of hydrogen-bond acceptors (Lipinski definition) is 3. The summed E-state index contributed by atoms with van der Waals surface area (Å²) in [5, 5.41) is 0.738. The number of aromatic nitrogens is 1. The van der Waals surface area contributed by atoms with Crippen LogP contribution in [0.15, 0.2) is 24.4 Å². The van der Waals surface area contributed by atoms with Crippen LogP contribution in [0.1, 0.15) is 10.4 Å². The van der Waals surface area contributed by atoms with Gasteiger partial charge < -0.3 is 9.72 Å². The lowest BCUT2D eigenvalue weighted by Gasteiger charge is -1.97. The zero-order valence-corrected chi connectivity index (χ0v) is 10.6. The predicted octanol–water partition coefficient (Wildman–Crippen LogP) is 2.13. The number of ether oxygens (including phenoxy) is 1. The molecule has 0 unspecified atom stereocenters. The van der Waals surface area contributed by atoms with Gasteiger partial charge in [0.05, 0.1) is 12.7 Å². The molecular weight excluding hydrogens is 321 g/mol. The summed E-state index contributed by atoms with van der Waals surface area (Å²) in [4.78, 5) is 25.8. The van der Waals surface area contributed by atoms with Crippen LogP contribution in [0.25, 0.3) is 10.9 Å². The fraction of sp³-hybridized carbons (Fsp3) is 0.0909. The first-order chi connectivity index (χ1) is 7.63. The molecule has 5 heteroatoms. The van der Waals surface area contributed by atoms with Crippen LogP contribution in [0.2, 0.25) is 0 Å². The van der Waals surface area contributed by atoms with Crippen LogP contribution < -0.4 is 0 Å². The monoisotopic (exact) mass is 329 g/mol. The molecule has 0 aliphatic rings. The Labute approximate surface area is 105 Å². The van der Waals surface area contributed by atoms with Crippen LogP contribution >= 0.6 is 22.6 Å². The van der Waals surface area contributed by atoms with E-state index in [0.29, 0.717) is 5.56 Å². The van der Waals surface area contributed by atoms with Gasteiger partial charge in [0.1, 0.15) is 0 Å². The van der Waals surface area contributed by atoms with Crippen molar-refractivity contribution in [3.8, 4) is 0 Å². The Morgan fingerprint density at radius 2 is 2.12 bits per heavy atom. The Kier molecular flexibility index (Phi) is 2.95. The van der Waals surface area contributed by atoms with Crippen molar-refractivity contribution in [1.29, 1.82) is 0 Å². The molecule has 0 spiro atoms. The zero-order valence-electron chi connectivity index (χ0n) is 8.41. The number of H-pyrrole nitrogens is 1. The first-order valence-corrected chi connectivity index (χ1v) is 5.60. The van der Waals surface area contributed by atoms with Crippen LogP contribution in [-0.4, -0.2) is 23.8 Å². The minimum absolute atomic E-state index is 0.348. The highest BCUT2D eigenvalue weighted by Gasteiger charge is 2.20. The van der Waals surface area contributed by atoms with Gasteiger partial charge in [-0.05, 0) is 40.8 Å². The summed E-state index contributed by atoms with van der Waals surface area (Å²) >= 11 is 2.15. The largest absolute Gasteiger partial charge is 0.463 e. The number of esters is 1. The highest BCUT2D eigenvalue weighted by Crippen LogP contribution is 2.21. The second kappa shape index (κ2) is 4.25. The first-order valence-electron chi connectivity index (χ1n) is 4.52. The lowest BCUT2D eigenvalue weighted by atomic mass is 10.1. The van der Waals surface area contributed by atoms with E-state index in [0.717, 1.165) is 14.5 Å². The lowest BCUT2D eigenvalue weighted by Crippen LogP contribution is -2.15. The maximum atomic E-state index is 11.7. The second-order valence-corrected chi connectivity index (χ2v) is 4.46. The van der Waals surface area contributed by atoms with Gasteiger partial charge in [-0.3, -0.25) is 4.79 Å². The third-order valence-corrected chi connectivity index (χ3v) is 2.93. The van der Waals surface area contributed by atoms with Gasteiger partial charge in [0, 0.05) is 20.7 Å². The average molecular weight is 329 g/mol. The maximum absolute atomic E-state index is 11.7. The molecule has 0 amide bonds. The minimum atomic E-state index is -0.847. The number of aromatic amines is 1. The number of ketones is 1. The highest BCUT2D eigenvalue weighted by atomic mass is 127. The van der Waals surface area contributed by atoms with Crippen LogP contribution in [0.5, 0.6) is 0 Å². The smallest absolute Gasteiger partial charge is 0.379 e. The molecule has 2 rings (SSSR count). The molecule has 0 saturated carbocycles. The molecule has 0 fully saturated rings. The van der Waals surface area contributed by atoms with E-state index in [-0.39, 0.29) is 0 Å². The van der Waals surface area contributed by atoms with Crippen LogP contribution in [-0.2, 0) is 9.53 Å². The Morgan fingerprint density at radius 3 is 2.81 bits per heavy atom.